The van der Waals surface area contributed by atoms with E-state index in [2.05, 4.69) is 11.8 Å². The number of nitrogens with two attached hydrogens (primary N) is 2. The average Bonchev–Trinajstić information content (AvgIpc) is 2.28. The van der Waals surface area contributed by atoms with Gasteiger partial charge in [-0.05, 0) is 30.7 Å². The molecular weight excluding hydrogens is 214 g/mol. The van der Waals surface area contributed by atoms with Crippen molar-refractivity contribution in [1.82, 2.24) is 4.90 Å². The van der Waals surface area contributed by atoms with Crippen molar-refractivity contribution in [2.75, 3.05) is 18.8 Å². The first kappa shape index (κ1) is 13.5. The first-order valence-electron chi connectivity index (χ1n) is 5.97. The topological polar surface area (TPSA) is 72.3 Å². The highest BCUT2D eigenvalue weighted by Gasteiger charge is 2.08. The summed E-state index contributed by atoms with van der Waals surface area (Å²) in [5, 5.41) is 0. The average molecular weight is 235 g/mol. The zero-order valence-electron chi connectivity index (χ0n) is 10.4. The van der Waals surface area contributed by atoms with Crippen LogP contribution in [-0.2, 0) is 11.3 Å². The molecule has 1 aromatic carbocycles. The molecule has 0 saturated heterocycles. The van der Waals surface area contributed by atoms with E-state index < -0.39 is 0 Å². The van der Waals surface area contributed by atoms with Crippen molar-refractivity contribution in [1.29, 1.82) is 0 Å². The molecule has 0 saturated carbocycles. The van der Waals surface area contributed by atoms with Crippen LogP contribution in [0.5, 0.6) is 0 Å². The highest BCUT2D eigenvalue weighted by molar-refractivity contribution is 5.75. The maximum absolute atomic E-state index is 11.0. The number of benzene rings is 1. The predicted molar refractivity (Wildman–Crippen MR) is 70.2 cm³/mol. The van der Waals surface area contributed by atoms with Gasteiger partial charge < -0.3 is 11.5 Å². The van der Waals surface area contributed by atoms with Crippen LogP contribution in [0.25, 0.3) is 0 Å². The van der Waals surface area contributed by atoms with Gasteiger partial charge in [-0.3, -0.25) is 9.69 Å². The lowest BCUT2D eigenvalue weighted by Crippen LogP contribution is -2.34. The molecule has 0 spiro atoms. The Labute approximate surface area is 103 Å². The molecule has 1 rings (SSSR count). The third-order valence-electron chi connectivity index (χ3n) is 2.59. The van der Waals surface area contributed by atoms with Crippen molar-refractivity contribution in [2.24, 2.45) is 5.73 Å². The van der Waals surface area contributed by atoms with Gasteiger partial charge in [-0.2, -0.15) is 0 Å². The quantitative estimate of drug-likeness (QED) is 0.701. The van der Waals surface area contributed by atoms with Crippen molar-refractivity contribution < 1.29 is 4.79 Å². The molecule has 1 aromatic rings. The summed E-state index contributed by atoms with van der Waals surface area (Å²) in [6.45, 7) is 4.07. The number of hydrogen-bond acceptors (Lipinski definition) is 3. The number of unbranched alkanes of at least 4 members (excludes halogenated alkanes) is 1. The third kappa shape index (κ3) is 5.36. The van der Waals surface area contributed by atoms with Gasteiger partial charge in [0, 0.05) is 12.2 Å². The summed E-state index contributed by atoms with van der Waals surface area (Å²) in [4.78, 5) is 13.0. The van der Waals surface area contributed by atoms with E-state index in [4.69, 9.17) is 11.5 Å². The molecule has 4 nitrogen and oxygen atoms in total. The van der Waals surface area contributed by atoms with Gasteiger partial charge in [0.05, 0.1) is 6.54 Å². The van der Waals surface area contributed by atoms with Gasteiger partial charge in [0.15, 0.2) is 0 Å². The second kappa shape index (κ2) is 6.91. The second-order valence-electron chi connectivity index (χ2n) is 4.27. The molecule has 0 heterocycles. The highest BCUT2D eigenvalue weighted by atomic mass is 16.1. The molecule has 0 aliphatic carbocycles. The van der Waals surface area contributed by atoms with Crippen LogP contribution in [0.3, 0.4) is 0 Å². The SMILES string of the molecule is CCCCN(CC(N)=O)Cc1ccc(N)cc1. The number of carbonyl (C=O) groups is 1. The molecule has 0 radical (unpaired) electrons. The molecule has 4 N–H and O–H groups in total. The molecule has 0 fully saturated rings. The normalized spacial score (nSPS) is 10.7. The van der Waals surface area contributed by atoms with Gasteiger partial charge in [-0.1, -0.05) is 25.5 Å². The molecule has 0 aromatic heterocycles. The van der Waals surface area contributed by atoms with Gasteiger partial charge >= 0.3 is 0 Å². The summed E-state index contributed by atoms with van der Waals surface area (Å²) < 4.78 is 0. The van der Waals surface area contributed by atoms with Crippen LogP contribution in [0.4, 0.5) is 5.69 Å². The van der Waals surface area contributed by atoms with E-state index >= 15 is 0 Å². The maximum atomic E-state index is 11.0. The van der Waals surface area contributed by atoms with Crippen molar-refractivity contribution in [3.63, 3.8) is 0 Å². The van der Waals surface area contributed by atoms with Crippen LogP contribution in [-0.4, -0.2) is 23.9 Å². The number of nitrogens with zero attached hydrogens (tertiary/aromatic N) is 1. The Morgan fingerprint density at radius 2 is 1.94 bits per heavy atom. The van der Waals surface area contributed by atoms with Crippen LogP contribution in [0, 0.1) is 0 Å². The number of primary amides is 1. The fourth-order valence-corrected chi connectivity index (χ4v) is 1.70. The van der Waals surface area contributed by atoms with Gasteiger partial charge in [-0.15, -0.1) is 0 Å². The van der Waals surface area contributed by atoms with Crippen molar-refractivity contribution in [3.05, 3.63) is 29.8 Å². The zero-order chi connectivity index (χ0) is 12.7. The zero-order valence-corrected chi connectivity index (χ0v) is 10.4. The first-order valence-corrected chi connectivity index (χ1v) is 5.97. The minimum Gasteiger partial charge on any atom is -0.399 e. The summed E-state index contributed by atoms with van der Waals surface area (Å²) in [5.41, 5.74) is 12.8. The Hall–Kier alpha value is -1.55. The molecule has 1 amide bonds. The number of amides is 1. The van der Waals surface area contributed by atoms with Crippen LogP contribution >= 0.6 is 0 Å². The van der Waals surface area contributed by atoms with Gasteiger partial charge in [0.25, 0.3) is 0 Å². The molecule has 0 aliphatic rings. The number of hydrogen-bond donors (Lipinski definition) is 2. The maximum Gasteiger partial charge on any atom is 0.231 e. The van der Waals surface area contributed by atoms with Crippen molar-refractivity contribution >= 4 is 11.6 Å². The minimum absolute atomic E-state index is 0.281. The molecule has 17 heavy (non-hydrogen) atoms. The molecule has 94 valence electrons. The molecule has 0 unspecified atom stereocenters. The molecule has 0 aliphatic heterocycles. The van der Waals surface area contributed by atoms with Crippen molar-refractivity contribution in [3.8, 4) is 0 Å². The molecular formula is C13H21N3O. The minimum atomic E-state index is -0.281. The van der Waals surface area contributed by atoms with Gasteiger partial charge in [-0.25, -0.2) is 0 Å². The Bertz CT molecular complexity index is 348. The third-order valence-corrected chi connectivity index (χ3v) is 2.59. The fourth-order valence-electron chi connectivity index (χ4n) is 1.70. The predicted octanol–water partition coefficient (Wildman–Crippen LogP) is 1.36. The summed E-state index contributed by atoms with van der Waals surface area (Å²) in [6, 6.07) is 7.71. The van der Waals surface area contributed by atoms with Crippen LogP contribution in [0.1, 0.15) is 25.3 Å². The lowest BCUT2D eigenvalue weighted by molar-refractivity contribution is -0.119. The molecule has 0 atom stereocenters. The van der Waals surface area contributed by atoms with Crippen LogP contribution < -0.4 is 11.5 Å². The Morgan fingerprint density at radius 1 is 1.29 bits per heavy atom. The van der Waals surface area contributed by atoms with E-state index in [1.54, 1.807) is 0 Å². The Morgan fingerprint density at radius 3 is 2.47 bits per heavy atom. The van der Waals surface area contributed by atoms with Crippen molar-refractivity contribution in [2.45, 2.75) is 26.3 Å². The number of carbonyl (C=O) groups excluding carboxylic acids is 1. The number of rotatable bonds is 7. The molecule has 0 bridgehead atoms. The Balaban J connectivity index is 2.57. The van der Waals surface area contributed by atoms with E-state index in [0.29, 0.717) is 6.54 Å². The molecule has 4 heteroatoms. The van der Waals surface area contributed by atoms with Crippen LogP contribution in [0.2, 0.25) is 0 Å². The van der Waals surface area contributed by atoms with E-state index in [1.165, 1.54) is 0 Å². The van der Waals surface area contributed by atoms with E-state index in [9.17, 15) is 4.79 Å². The standard InChI is InChI=1S/C13H21N3O/c1-2-3-8-16(10-13(15)17)9-11-4-6-12(14)7-5-11/h4-7H,2-3,8-10,14H2,1H3,(H2,15,17). The lowest BCUT2D eigenvalue weighted by Gasteiger charge is -2.20. The van der Waals surface area contributed by atoms with Gasteiger partial charge in [0.2, 0.25) is 5.91 Å². The largest absolute Gasteiger partial charge is 0.399 e. The Kier molecular flexibility index (Phi) is 5.49. The van der Waals surface area contributed by atoms with E-state index in [1.807, 2.05) is 24.3 Å². The summed E-state index contributed by atoms with van der Waals surface area (Å²) >= 11 is 0. The monoisotopic (exact) mass is 235 g/mol. The summed E-state index contributed by atoms with van der Waals surface area (Å²) in [6.07, 6.45) is 2.18. The lowest BCUT2D eigenvalue weighted by atomic mass is 10.2. The first-order chi connectivity index (χ1) is 8.11. The highest BCUT2D eigenvalue weighted by Crippen LogP contribution is 2.09. The summed E-state index contributed by atoms with van der Waals surface area (Å²) in [5.74, 6) is -0.281. The van der Waals surface area contributed by atoms with Gasteiger partial charge in [0.1, 0.15) is 0 Å². The van der Waals surface area contributed by atoms with E-state index in [0.717, 1.165) is 37.2 Å². The van der Waals surface area contributed by atoms with E-state index in [-0.39, 0.29) is 5.91 Å². The second-order valence-corrected chi connectivity index (χ2v) is 4.27. The number of anilines is 1. The van der Waals surface area contributed by atoms with Crippen LogP contribution in [0.15, 0.2) is 24.3 Å². The smallest absolute Gasteiger partial charge is 0.231 e. The summed E-state index contributed by atoms with van der Waals surface area (Å²) in [7, 11) is 0. The number of nitrogen functional groups attached to an aromatic ring is 1. The fraction of sp³-hybridized carbons (Fsp3) is 0.462.